The molecule has 0 N–H and O–H groups in total. The zero-order chi connectivity index (χ0) is 12.5. The summed E-state index contributed by atoms with van der Waals surface area (Å²) < 4.78 is 11.4. The number of halogens is 1. The summed E-state index contributed by atoms with van der Waals surface area (Å²) in [6.45, 7) is 5.76. The number of hydrogen-bond acceptors (Lipinski definition) is 3. The Labute approximate surface area is 115 Å². The zero-order valence-electron chi connectivity index (χ0n) is 9.96. The van der Waals surface area contributed by atoms with Gasteiger partial charge >= 0.3 is 5.97 Å². The van der Waals surface area contributed by atoms with Crippen molar-refractivity contribution in [3.8, 4) is 0 Å². The van der Waals surface area contributed by atoms with Gasteiger partial charge in [-0.3, -0.25) is 0 Å². The van der Waals surface area contributed by atoms with Crippen molar-refractivity contribution in [1.82, 2.24) is 0 Å². The van der Waals surface area contributed by atoms with Gasteiger partial charge in [0, 0.05) is 8.99 Å². The average Bonchev–Trinajstić information content (AvgIpc) is 2.23. The van der Waals surface area contributed by atoms with Crippen LogP contribution in [0.25, 0.3) is 0 Å². The normalized spacial score (nSPS) is 17.4. The largest absolute Gasteiger partial charge is 0.461 e. The molecule has 1 heterocycles. The van der Waals surface area contributed by atoms with Crippen molar-refractivity contribution < 1.29 is 14.3 Å². The SMILES string of the molecule is Cc1cccc(I)c1C(=O)OCC1(C)COC1. The first-order valence-electron chi connectivity index (χ1n) is 5.52. The molecule has 92 valence electrons. The highest BCUT2D eigenvalue weighted by atomic mass is 127. The lowest BCUT2D eigenvalue weighted by Crippen LogP contribution is -2.44. The molecule has 0 unspecified atom stereocenters. The predicted octanol–water partition coefficient (Wildman–Crippen LogP) is 2.79. The van der Waals surface area contributed by atoms with Gasteiger partial charge in [-0.2, -0.15) is 0 Å². The molecule has 1 aliphatic heterocycles. The Morgan fingerprint density at radius 1 is 1.53 bits per heavy atom. The molecule has 1 saturated heterocycles. The van der Waals surface area contributed by atoms with Gasteiger partial charge in [0.1, 0.15) is 6.61 Å². The van der Waals surface area contributed by atoms with E-state index in [9.17, 15) is 4.79 Å². The van der Waals surface area contributed by atoms with E-state index in [1.165, 1.54) is 0 Å². The molecule has 0 aromatic heterocycles. The fourth-order valence-electron chi connectivity index (χ4n) is 1.74. The van der Waals surface area contributed by atoms with Crippen molar-refractivity contribution in [2.24, 2.45) is 5.41 Å². The second-order valence-corrected chi connectivity index (χ2v) is 5.97. The molecule has 0 atom stereocenters. The lowest BCUT2D eigenvalue weighted by molar-refractivity contribution is -0.127. The van der Waals surface area contributed by atoms with Gasteiger partial charge in [-0.05, 0) is 41.1 Å². The van der Waals surface area contributed by atoms with Crippen LogP contribution in [0.3, 0.4) is 0 Å². The number of aryl methyl sites for hydroxylation is 1. The molecule has 17 heavy (non-hydrogen) atoms. The van der Waals surface area contributed by atoms with E-state index < -0.39 is 0 Å². The lowest BCUT2D eigenvalue weighted by atomic mass is 9.90. The molecule has 3 nitrogen and oxygen atoms in total. The van der Waals surface area contributed by atoms with Gasteiger partial charge in [-0.25, -0.2) is 4.79 Å². The van der Waals surface area contributed by atoms with Gasteiger partial charge in [-0.15, -0.1) is 0 Å². The van der Waals surface area contributed by atoms with Crippen molar-refractivity contribution in [3.63, 3.8) is 0 Å². The van der Waals surface area contributed by atoms with Crippen LogP contribution < -0.4 is 0 Å². The number of ether oxygens (including phenoxy) is 2. The van der Waals surface area contributed by atoms with E-state index in [4.69, 9.17) is 9.47 Å². The van der Waals surface area contributed by atoms with Crippen LogP contribution in [0.15, 0.2) is 18.2 Å². The highest BCUT2D eigenvalue weighted by Gasteiger charge is 2.35. The summed E-state index contributed by atoms with van der Waals surface area (Å²) in [6.07, 6.45) is 0. The number of hydrogen-bond donors (Lipinski definition) is 0. The van der Waals surface area contributed by atoms with Crippen molar-refractivity contribution in [3.05, 3.63) is 32.9 Å². The van der Waals surface area contributed by atoms with E-state index in [1.807, 2.05) is 25.1 Å². The van der Waals surface area contributed by atoms with Crippen molar-refractivity contribution in [2.45, 2.75) is 13.8 Å². The highest BCUT2D eigenvalue weighted by Crippen LogP contribution is 2.27. The van der Waals surface area contributed by atoms with Gasteiger partial charge in [0.2, 0.25) is 0 Å². The number of esters is 1. The van der Waals surface area contributed by atoms with Crippen LogP contribution in [0.4, 0.5) is 0 Å². The van der Waals surface area contributed by atoms with E-state index in [0.29, 0.717) is 25.4 Å². The van der Waals surface area contributed by atoms with E-state index in [2.05, 4.69) is 29.5 Å². The molecule has 0 aliphatic carbocycles. The fraction of sp³-hybridized carbons (Fsp3) is 0.462. The molecule has 1 aliphatic rings. The van der Waals surface area contributed by atoms with Crippen LogP contribution in [0.1, 0.15) is 22.8 Å². The quantitative estimate of drug-likeness (QED) is 0.624. The molecule has 0 saturated carbocycles. The summed E-state index contributed by atoms with van der Waals surface area (Å²) in [5.41, 5.74) is 1.64. The Balaban J connectivity index is 2.04. The lowest BCUT2D eigenvalue weighted by Gasteiger charge is -2.37. The van der Waals surface area contributed by atoms with Crippen molar-refractivity contribution in [1.29, 1.82) is 0 Å². The van der Waals surface area contributed by atoms with Crippen LogP contribution in [-0.2, 0) is 9.47 Å². The minimum Gasteiger partial charge on any atom is -0.461 e. The molecule has 0 amide bonds. The maximum absolute atomic E-state index is 12.0. The van der Waals surface area contributed by atoms with Gasteiger partial charge in [0.05, 0.1) is 18.8 Å². The second-order valence-electron chi connectivity index (χ2n) is 4.81. The molecule has 0 spiro atoms. The Kier molecular flexibility index (Phi) is 3.73. The van der Waals surface area contributed by atoms with E-state index in [0.717, 1.165) is 9.13 Å². The Morgan fingerprint density at radius 2 is 2.24 bits per heavy atom. The molecule has 1 aromatic carbocycles. The van der Waals surface area contributed by atoms with Gasteiger partial charge in [0.15, 0.2) is 0 Å². The average molecular weight is 346 g/mol. The van der Waals surface area contributed by atoms with Crippen LogP contribution in [0, 0.1) is 15.9 Å². The van der Waals surface area contributed by atoms with E-state index in [1.54, 1.807) is 0 Å². The molecule has 0 radical (unpaired) electrons. The first-order valence-corrected chi connectivity index (χ1v) is 6.60. The van der Waals surface area contributed by atoms with Gasteiger partial charge in [0.25, 0.3) is 0 Å². The Morgan fingerprint density at radius 3 is 2.76 bits per heavy atom. The van der Waals surface area contributed by atoms with E-state index in [-0.39, 0.29) is 11.4 Å². The van der Waals surface area contributed by atoms with Crippen LogP contribution >= 0.6 is 22.6 Å². The smallest absolute Gasteiger partial charge is 0.339 e. The second kappa shape index (κ2) is 4.94. The summed E-state index contributed by atoms with van der Waals surface area (Å²) in [7, 11) is 0. The summed E-state index contributed by atoms with van der Waals surface area (Å²) >= 11 is 2.16. The molecule has 2 rings (SSSR count). The first kappa shape index (κ1) is 12.8. The van der Waals surface area contributed by atoms with Crippen molar-refractivity contribution >= 4 is 28.6 Å². The molecule has 1 aromatic rings. The third-order valence-corrected chi connectivity index (χ3v) is 3.78. The predicted molar refractivity (Wildman–Crippen MR) is 73.1 cm³/mol. The number of carbonyl (C=O) groups is 1. The molecular weight excluding hydrogens is 331 g/mol. The van der Waals surface area contributed by atoms with Gasteiger partial charge < -0.3 is 9.47 Å². The number of carbonyl (C=O) groups excluding carboxylic acids is 1. The van der Waals surface area contributed by atoms with Crippen molar-refractivity contribution in [2.75, 3.05) is 19.8 Å². The summed E-state index contributed by atoms with van der Waals surface area (Å²) in [5, 5.41) is 0. The number of benzene rings is 1. The minimum atomic E-state index is -0.236. The topological polar surface area (TPSA) is 35.5 Å². The molecule has 0 bridgehead atoms. The molecule has 1 fully saturated rings. The van der Waals surface area contributed by atoms with Crippen LogP contribution in [-0.4, -0.2) is 25.8 Å². The van der Waals surface area contributed by atoms with Crippen LogP contribution in [0.5, 0.6) is 0 Å². The van der Waals surface area contributed by atoms with Gasteiger partial charge in [-0.1, -0.05) is 19.1 Å². The third-order valence-electron chi connectivity index (χ3n) is 2.88. The summed E-state index contributed by atoms with van der Waals surface area (Å²) in [5.74, 6) is -0.236. The maximum atomic E-state index is 12.0. The third kappa shape index (κ3) is 2.80. The Bertz CT molecular complexity index is 418. The van der Waals surface area contributed by atoms with E-state index >= 15 is 0 Å². The number of rotatable bonds is 3. The maximum Gasteiger partial charge on any atom is 0.339 e. The Hall–Kier alpha value is -0.620. The monoisotopic (exact) mass is 346 g/mol. The fourth-order valence-corrected chi connectivity index (χ4v) is 2.59. The first-order chi connectivity index (χ1) is 8.02. The zero-order valence-corrected chi connectivity index (χ0v) is 12.1. The highest BCUT2D eigenvalue weighted by molar-refractivity contribution is 14.1. The van der Waals surface area contributed by atoms with Crippen LogP contribution in [0.2, 0.25) is 0 Å². The molecular formula is C13H15IO3. The summed E-state index contributed by atoms with van der Waals surface area (Å²) in [4.78, 5) is 12.0. The molecule has 4 heteroatoms. The minimum absolute atomic E-state index is 0.00375. The summed E-state index contributed by atoms with van der Waals surface area (Å²) in [6, 6.07) is 5.78. The standard InChI is InChI=1S/C13H15IO3/c1-9-4-3-5-10(14)11(9)12(15)17-8-13(2)6-16-7-13/h3-5H,6-8H2,1-2H3.